The molecule has 8 rings (SSSR count). The van der Waals surface area contributed by atoms with Crippen molar-refractivity contribution in [1.29, 1.82) is 0 Å². The summed E-state index contributed by atoms with van der Waals surface area (Å²) in [6.07, 6.45) is 0. The maximum absolute atomic E-state index is 12.6. The highest BCUT2D eigenvalue weighted by Crippen LogP contribution is 2.39. The van der Waals surface area contributed by atoms with Crippen molar-refractivity contribution in [1.82, 2.24) is 19.9 Å². The fourth-order valence-electron chi connectivity index (χ4n) is 8.01. The van der Waals surface area contributed by atoms with Gasteiger partial charge in [0.2, 0.25) is 0 Å². The van der Waals surface area contributed by atoms with Crippen LogP contribution in [0.5, 0.6) is 23.0 Å². The Kier molecular flexibility index (Phi) is 28.8. The summed E-state index contributed by atoms with van der Waals surface area (Å²) < 4.78 is 42.8. The first kappa shape index (κ1) is 78.0. The van der Waals surface area contributed by atoms with Crippen molar-refractivity contribution in [2.45, 2.75) is 147 Å². The SMILES string of the molecule is CCOC(=O)c1nc(-c2ccc(OCC)cc2)sc1C(C)=O.CCOc1ccc(-c2nc(C(=O)OC(C)(C)C)c(C(C)=O)s2)cc1.CCOc1ccc(-c2nc(C(=O)OC(C)(C)C)c(N(C)O)s2)cc1.CCOc1ccc(-c2nc(C(=O)OC(C)(C)C)c(N(O)C(C)C)s2)cc1. The molecule has 0 atom stereocenters. The zero-order chi connectivity index (χ0) is 71.4. The second kappa shape index (κ2) is 35.4. The first-order valence-corrected chi connectivity index (χ1v) is 34.1. The van der Waals surface area contributed by atoms with Crippen LogP contribution in [-0.4, -0.2) is 129 Å². The number of ketones is 2. The van der Waals surface area contributed by atoms with Gasteiger partial charge in [0, 0.05) is 43.1 Å². The molecule has 0 fully saturated rings. The summed E-state index contributed by atoms with van der Waals surface area (Å²) in [5.74, 6) is 0.395. The number of rotatable bonds is 22. The Morgan fingerprint density at radius 3 is 0.927 bits per heavy atom. The predicted octanol–water partition coefficient (Wildman–Crippen LogP) is 16.7. The molecule has 0 bridgehead atoms. The van der Waals surface area contributed by atoms with Crippen LogP contribution in [0.15, 0.2) is 97.1 Å². The molecular formula is C70H86N6O16S4. The molecule has 0 saturated carbocycles. The molecule has 26 heteroatoms. The zero-order valence-electron chi connectivity index (χ0n) is 57.8. The third-order valence-electron chi connectivity index (χ3n) is 12.0. The van der Waals surface area contributed by atoms with E-state index in [4.69, 9.17) is 37.9 Å². The topological polar surface area (TPSA) is 275 Å². The summed E-state index contributed by atoms with van der Waals surface area (Å²) in [5.41, 5.74) is 1.78. The molecule has 0 saturated heterocycles. The minimum Gasteiger partial charge on any atom is -0.494 e. The summed E-state index contributed by atoms with van der Waals surface area (Å²) >= 11 is 4.85. The smallest absolute Gasteiger partial charge is 0.360 e. The van der Waals surface area contributed by atoms with E-state index in [2.05, 4.69) is 19.9 Å². The molecule has 22 nitrogen and oxygen atoms in total. The Morgan fingerprint density at radius 2 is 0.667 bits per heavy atom. The van der Waals surface area contributed by atoms with Gasteiger partial charge in [-0.05, 0) is 208 Å². The van der Waals surface area contributed by atoms with E-state index in [1.165, 1.54) is 66.2 Å². The van der Waals surface area contributed by atoms with Crippen molar-refractivity contribution in [2.24, 2.45) is 0 Å². The summed E-state index contributed by atoms with van der Waals surface area (Å²) in [6.45, 7) is 34.6. The van der Waals surface area contributed by atoms with Gasteiger partial charge in [0.05, 0.1) is 39.1 Å². The Morgan fingerprint density at radius 1 is 0.406 bits per heavy atom. The van der Waals surface area contributed by atoms with Gasteiger partial charge in [-0.3, -0.25) is 20.0 Å². The van der Waals surface area contributed by atoms with Crippen LogP contribution in [0.2, 0.25) is 0 Å². The number of aromatic nitrogens is 4. The number of thiazole rings is 4. The van der Waals surface area contributed by atoms with Gasteiger partial charge in [0.1, 0.15) is 69.6 Å². The Bertz CT molecular complexity index is 3870. The Balaban J connectivity index is 0.000000232. The highest BCUT2D eigenvalue weighted by molar-refractivity contribution is 7.20. The number of nitrogens with zero attached hydrogens (tertiary/aromatic N) is 6. The molecule has 0 spiro atoms. The minimum absolute atomic E-state index is 0.0753. The molecule has 0 aliphatic heterocycles. The molecule has 0 aliphatic rings. The fraction of sp³-hybridized carbons (Fsp3) is 0.400. The van der Waals surface area contributed by atoms with Gasteiger partial charge in [0.15, 0.2) is 44.3 Å². The van der Waals surface area contributed by atoms with Gasteiger partial charge >= 0.3 is 23.9 Å². The maximum Gasteiger partial charge on any atom is 0.360 e. The van der Waals surface area contributed by atoms with Gasteiger partial charge in [-0.2, -0.15) is 0 Å². The van der Waals surface area contributed by atoms with Crippen molar-refractivity contribution in [3.8, 4) is 65.3 Å². The van der Waals surface area contributed by atoms with Crippen molar-refractivity contribution in [3.63, 3.8) is 0 Å². The number of hydroxylamine groups is 2. The maximum atomic E-state index is 12.6. The van der Waals surface area contributed by atoms with Crippen molar-refractivity contribution >= 4 is 90.8 Å². The Hall–Kier alpha value is -8.66. The molecule has 2 N–H and O–H groups in total. The van der Waals surface area contributed by atoms with Gasteiger partial charge < -0.3 is 37.9 Å². The van der Waals surface area contributed by atoms with Crippen LogP contribution < -0.4 is 29.1 Å². The van der Waals surface area contributed by atoms with E-state index in [0.29, 0.717) is 66.2 Å². The molecule has 96 heavy (non-hydrogen) atoms. The number of hydrogen-bond donors (Lipinski definition) is 2. The Labute approximate surface area is 577 Å². The van der Waals surface area contributed by atoms with E-state index in [1.54, 1.807) is 69.2 Å². The van der Waals surface area contributed by atoms with E-state index in [1.807, 2.05) is 139 Å². The monoisotopic (exact) mass is 1390 g/mol. The fourth-order valence-corrected chi connectivity index (χ4v) is 12.0. The van der Waals surface area contributed by atoms with E-state index in [-0.39, 0.29) is 47.0 Å². The molecule has 516 valence electrons. The van der Waals surface area contributed by atoms with Crippen molar-refractivity contribution < 1.29 is 77.1 Å². The molecule has 4 heterocycles. The summed E-state index contributed by atoms with van der Waals surface area (Å²) in [4.78, 5) is 90.7. The lowest BCUT2D eigenvalue weighted by molar-refractivity contribution is 0.00506. The molecule has 4 aromatic carbocycles. The van der Waals surface area contributed by atoms with Crippen molar-refractivity contribution in [3.05, 3.63) is 130 Å². The largest absolute Gasteiger partial charge is 0.494 e. The number of benzene rings is 4. The third kappa shape index (κ3) is 23.3. The average Bonchev–Trinajstić information content (AvgIpc) is 1.69. The van der Waals surface area contributed by atoms with Gasteiger partial charge in [-0.25, -0.2) is 49.2 Å². The normalized spacial score (nSPS) is 11.1. The number of anilines is 2. The lowest BCUT2D eigenvalue weighted by Crippen LogP contribution is -2.29. The highest BCUT2D eigenvalue weighted by Gasteiger charge is 2.31. The second-order valence-corrected chi connectivity index (χ2v) is 27.8. The van der Waals surface area contributed by atoms with Crippen LogP contribution in [0.1, 0.15) is 186 Å². The van der Waals surface area contributed by atoms with Crippen molar-refractivity contribution in [2.75, 3.05) is 50.2 Å². The predicted molar refractivity (Wildman–Crippen MR) is 376 cm³/mol. The van der Waals surface area contributed by atoms with E-state index < -0.39 is 40.7 Å². The summed E-state index contributed by atoms with van der Waals surface area (Å²) in [5, 5.41) is 25.3. The lowest BCUT2D eigenvalue weighted by atomic mass is 10.2. The number of esters is 4. The summed E-state index contributed by atoms with van der Waals surface area (Å²) in [6, 6.07) is 29.4. The molecule has 8 aromatic rings. The van der Waals surface area contributed by atoms with E-state index >= 15 is 0 Å². The standard InChI is InChI=1S/C19H26N2O4S.C18H21NO4S.C17H22N2O4S.C16H17NO4S/c1-7-24-14-10-8-13(9-11-14)16-20-15(18(22)25-19(4,5)6)17(26-16)21(23)12(2)3;1-6-22-13-9-7-12(8-10-13)16-19-14(15(24-16)11(2)20)17(21)23-18(3,4)5;1-6-22-12-9-7-11(8-10-12)14-18-13(15(24-14)19(5)21)16(20)23-17(2,3)4;1-4-20-12-8-6-11(7-9-12)15-17-13(16(19)21-5-2)14(22-15)10(3)18/h8-12,23H,7H2,1-6H3;7-10H,6H2,1-5H3;7-10,21H,6H2,1-5H3;6-9H,4-5H2,1-3H3. The minimum atomic E-state index is -0.645. The number of hydrogen-bond acceptors (Lipinski definition) is 26. The number of carbonyl (C=O) groups excluding carboxylic acids is 6. The van der Waals surface area contributed by atoms with Crippen LogP contribution in [0.3, 0.4) is 0 Å². The van der Waals surface area contributed by atoms with Crippen LogP contribution in [0.25, 0.3) is 42.3 Å². The molecule has 0 amide bonds. The van der Waals surface area contributed by atoms with Crippen LogP contribution in [0.4, 0.5) is 10.0 Å². The molecular weight excluding hydrogens is 1310 g/mol. The first-order valence-electron chi connectivity index (χ1n) is 30.9. The quantitative estimate of drug-likeness (QED) is 0.0276. The van der Waals surface area contributed by atoms with E-state index in [9.17, 15) is 39.2 Å². The second-order valence-electron chi connectivity index (χ2n) is 23.9. The van der Waals surface area contributed by atoms with Gasteiger partial charge in [-0.15, -0.1) is 22.7 Å². The average molecular weight is 1400 g/mol. The molecule has 0 unspecified atom stereocenters. The van der Waals surface area contributed by atoms with Crippen LogP contribution >= 0.6 is 45.3 Å². The first-order chi connectivity index (χ1) is 45.1. The number of carbonyl (C=O) groups is 6. The summed E-state index contributed by atoms with van der Waals surface area (Å²) in [7, 11) is 1.45. The lowest BCUT2D eigenvalue weighted by Gasteiger charge is -2.22. The molecule has 0 aliphatic carbocycles. The molecule has 4 aromatic heterocycles. The zero-order valence-corrected chi connectivity index (χ0v) is 61.0. The molecule has 0 radical (unpaired) electrons. The van der Waals surface area contributed by atoms with Crippen LogP contribution in [-0.2, 0) is 18.9 Å². The third-order valence-corrected chi connectivity index (χ3v) is 16.7. The van der Waals surface area contributed by atoms with Gasteiger partial charge in [-0.1, -0.05) is 22.7 Å². The highest BCUT2D eigenvalue weighted by atomic mass is 32.1. The number of ether oxygens (including phenoxy) is 8. The van der Waals surface area contributed by atoms with Gasteiger partial charge in [0.25, 0.3) is 0 Å². The van der Waals surface area contributed by atoms with Crippen LogP contribution in [0, 0.1) is 0 Å². The van der Waals surface area contributed by atoms with E-state index in [0.717, 1.165) is 55.4 Å². The number of Topliss-reactive ketones (excluding diaryl/α,β-unsaturated/α-hetero) is 2.